The van der Waals surface area contributed by atoms with Gasteiger partial charge in [-0.05, 0) is 49.4 Å². The number of ether oxygens (including phenoxy) is 2. The average Bonchev–Trinajstić information content (AvgIpc) is 3.52. The van der Waals surface area contributed by atoms with Crippen LogP contribution in [0.2, 0.25) is 0 Å². The third kappa shape index (κ3) is 6.57. The van der Waals surface area contributed by atoms with Gasteiger partial charge in [-0.2, -0.15) is 0 Å². The number of aliphatic carboxylic acids is 1. The first kappa shape index (κ1) is 26.9. The molecule has 2 aliphatic rings. The van der Waals surface area contributed by atoms with Crippen molar-refractivity contribution in [2.45, 2.75) is 64.3 Å². The number of rotatable bonds is 13. The molecule has 0 aliphatic carbocycles. The lowest BCUT2D eigenvalue weighted by molar-refractivity contribution is -0.143. The number of aromatic nitrogens is 2. The highest BCUT2D eigenvalue weighted by Gasteiger charge is 2.47. The van der Waals surface area contributed by atoms with Gasteiger partial charge in [-0.3, -0.25) is 14.5 Å². The zero-order valence-corrected chi connectivity index (χ0v) is 21.8. The molecule has 1 N–H and O–H groups in total. The van der Waals surface area contributed by atoms with E-state index in [1.165, 1.54) is 6.33 Å². The molecule has 9 nitrogen and oxygen atoms in total. The number of carboxylic acids is 1. The Hall–Kier alpha value is -3.20. The number of unbranched alkanes of at least 4 members (excludes halogenated alkanes) is 2. The predicted molar refractivity (Wildman–Crippen MR) is 139 cm³/mol. The second kappa shape index (κ2) is 12.9. The normalized spacial score (nSPS) is 20.8. The monoisotopic (exact) mass is 510 g/mol. The number of fused-ring (bicyclic) bond motifs is 1. The molecule has 0 spiro atoms. The van der Waals surface area contributed by atoms with Gasteiger partial charge >= 0.3 is 5.97 Å². The van der Waals surface area contributed by atoms with Crippen LogP contribution in [-0.4, -0.2) is 75.8 Å². The van der Waals surface area contributed by atoms with E-state index in [1.807, 2.05) is 29.2 Å². The highest BCUT2D eigenvalue weighted by Crippen LogP contribution is 2.43. The molecule has 0 bridgehead atoms. The van der Waals surface area contributed by atoms with Crippen molar-refractivity contribution in [2.75, 3.05) is 33.0 Å². The lowest BCUT2D eigenvalue weighted by Crippen LogP contribution is -2.44. The molecule has 2 aliphatic heterocycles. The van der Waals surface area contributed by atoms with Crippen LogP contribution in [-0.2, 0) is 16.0 Å². The topological polar surface area (TPSA) is 105 Å². The molecule has 1 fully saturated rings. The summed E-state index contributed by atoms with van der Waals surface area (Å²) < 4.78 is 11.0. The molecule has 1 aromatic heterocycles. The molecule has 9 heteroatoms. The quantitative estimate of drug-likeness (QED) is 0.435. The molecule has 0 saturated carbocycles. The molecule has 200 valence electrons. The van der Waals surface area contributed by atoms with Crippen molar-refractivity contribution in [3.05, 3.63) is 48.0 Å². The third-order valence-corrected chi connectivity index (χ3v) is 7.45. The second-order valence-corrected chi connectivity index (χ2v) is 9.91. The standard InChI is InChI=1S/C28H38N4O5/c1-3-5-13-31(14-6-4-2)26(33)17-32-16-22(20-7-10-24-25(15-20)37-19-36-24)27(28(34)35)23(32)9-8-21-11-12-29-18-30-21/h7,10-12,15,18,22-23,27H,3-6,8-9,13-14,16-17,19H2,1-2H3,(H,34,35)/t22-,23+,27?/m1/s1. The second-order valence-electron chi connectivity index (χ2n) is 9.91. The fourth-order valence-electron chi connectivity index (χ4n) is 5.43. The highest BCUT2D eigenvalue weighted by molar-refractivity contribution is 5.79. The molecule has 1 saturated heterocycles. The summed E-state index contributed by atoms with van der Waals surface area (Å²) in [5, 5.41) is 10.4. The number of hydrogen-bond donors (Lipinski definition) is 1. The first-order chi connectivity index (χ1) is 18.0. The van der Waals surface area contributed by atoms with Gasteiger partial charge in [0.1, 0.15) is 6.33 Å². The Labute approximate surface area is 218 Å². The molecule has 3 heterocycles. The van der Waals surface area contributed by atoms with Gasteiger partial charge in [0.05, 0.1) is 12.5 Å². The van der Waals surface area contributed by atoms with E-state index in [2.05, 4.69) is 28.7 Å². The predicted octanol–water partition coefficient (Wildman–Crippen LogP) is 3.74. The van der Waals surface area contributed by atoms with Crippen LogP contribution in [0.15, 0.2) is 36.8 Å². The van der Waals surface area contributed by atoms with Crippen molar-refractivity contribution in [1.29, 1.82) is 0 Å². The summed E-state index contributed by atoms with van der Waals surface area (Å²) in [6, 6.07) is 7.22. The number of likely N-dealkylation sites (tertiary alicyclic amines) is 1. The van der Waals surface area contributed by atoms with E-state index in [-0.39, 0.29) is 31.2 Å². The van der Waals surface area contributed by atoms with Crippen LogP contribution in [0.5, 0.6) is 11.5 Å². The van der Waals surface area contributed by atoms with E-state index < -0.39 is 11.9 Å². The van der Waals surface area contributed by atoms with Crippen LogP contribution in [0.1, 0.15) is 63.1 Å². The zero-order valence-electron chi connectivity index (χ0n) is 21.8. The number of aryl methyl sites for hydroxylation is 1. The molecule has 1 aromatic carbocycles. The number of hydrogen-bond acceptors (Lipinski definition) is 7. The van der Waals surface area contributed by atoms with Gasteiger partial charge < -0.3 is 19.5 Å². The van der Waals surface area contributed by atoms with Crippen LogP contribution in [0, 0.1) is 5.92 Å². The van der Waals surface area contributed by atoms with Crippen LogP contribution in [0.4, 0.5) is 0 Å². The van der Waals surface area contributed by atoms with E-state index >= 15 is 0 Å². The van der Waals surface area contributed by atoms with Crippen LogP contribution in [0.25, 0.3) is 0 Å². The van der Waals surface area contributed by atoms with Crippen LogP contribution < -0.4 is 9.47 Å². The Morgan fingerprint density at radius 3 is 2.54 bits per heavy atom. The minimum atomic E-state index is -0.848. The van der Waals surface area contributed by atoms with Gasteiger partial charge in [0.15, 0.2) is 11.5 Å². The van der Waals surface area contributed by atoms with Crippen molar-refractivity contribution in [2.24, 2.45) is 5.92 Å². The molecule has 3 atom stereocenters. The maximum absolute atomic E-state index is 13.5. The maximum Gasteiger partial charge on any atom is 0.308 e. The largest absolute Gasteiger partial charge is 0.481 e. The van der Waals surface area contributed by atoms with Gasteiger partial charge in [-0.25, -0.2) is 9.97 Å². The fourth-order valence-corrected chi connectivity index (χ4v) is 5.43. The van der Waals surface area contributed by atoms with E-state index in [0.29, 0.717) is 30.9 Å². The van der Waals surface area contributed by atoms with Gasteiger partial charge in [0.25, 0.3) is 0 Å². The average molecular weight is 511 g/mol. The van der Waals surface area contributed by atoms with Crippen molar-refractivity contribution < 1.29 is 24.2 Å². The van der Waals surface area contributed by atoms with Crippen LogP contribution in [0.3, 0.4) is 0 Å². The summed E-state index contributed by atoms with van der Waals surface area (Å²) in [5.41, 5.74) is 1.76. The zero-order chi connectivity index (χ0) is 26.2. The maximum atomic E-state index is 13.5. The van der Waals surface area contributed by atoms with Crippen molar-refractivity contribution in [1.82, 2.24) is 19.8 Å². The molecule has 0 radical (unpaired) electrons. The smallest absolute Gasteiger partial charge is 0.308 e. The van der Waals surface area contributed by atoms with Gasteiger partial charge in [-0.15, -0.1) is 0 Å². The molecule has 1 unspecified atom stereocenters. The van der Waals surface area contributed by atoms with Crippen molar-refractivity contribution >= 4 is 11.9 Å². The number of carbonyl (C=O) groups excluding carboxylic acids is 1. The Bertz CT molecular complexity index is 1040. The lowest BCUT2D eigenvalue weighted by atomic mass is 9.83. The molecule has 37 heavy (non-hydrogen) atoms. The SMILES string of the molecule is CCCCN(CCCC)C(=O)CN1C[C@H](c2ccc3c(c2)OCO3)C(C(=O)O)[C@@H]1CCc1ccncn1. The van der Waals surface area contributed by atoms with E-state index in [9.17, 15) is 14.7 Å². The summed E-state index contributed by atoms with van der Waals surface area (Å²) in [5.74, 6) is -0.393. The summed E-state index contributed by atoms with van der Waals surface area (Å²) in [6.45, 7) is 6.60. The summed E-state index contributed by atoms with van der Waals surface area (Å²) in [6.07, 6.45) is 8.38. The first-order valence-corrected chi connectivity index (χ1v) is 13.4. The molecule has 4 rings (SSSR count). The highest BCUT2D eigenvalue weighted by atomic mass is 16.7. The lowest BCUT2D eigenvalue weighted by Gasteiger charge is -2.29. The number of carbonyl (C=O) groups is 2. The van der Waals surface area contributed by atoms with Crippen LogP contribution >= 0.6 is 0 Å². The minimum absolute atomic E-state index is 0.0735. The molecule has 1 amide bonds. The van der Waals surface area contributed by atoms with E-state index in [1.54, 1.807) is 6.20 Å². The molecule has 2 aromatic rings. The summed E-state index contributed by atoms with van der Waals surface area (Å²) in [4.78, 5) is 38.5. The number of benzene rings is 1. The summed E-state index contributed by atoms with van der Waals surface area (Å²) in [7, 11) is 0. The fraction of sp³-hybridized carbons (Fsp3) is 0.571. The number of carboxylic acid groups (broad SMARTS) is 1. The third-order valence-electron chi connectivity index (χ3n) is 7.45. The molecular formula is C28H38N4O5. The molecular weight excluding hydrogens is 472 g/mol. The van der Waals surface area contributed by atoms with Crippen molar-refractivity contribution in [3.8, 4) is 11.5 Å². The van der Waals surface area contributed by atoms with E-state index in [4.69, 9.17) is 9.47 Å². The number of amides is 1. The Kier molecular flexibility index (Phi) is 9.33. The first-order valence-electron chi connectivity index (χ1n) is 13.4. The Morgan fingerprint density at radius 1 is 1.11 bits per heavy atom. The number of nitrogens with zero attached hydrogens (tertiary/aromatic N) is 4. The van der Waals surface area contributed by atoms with Crippen molar-refractivity contribution in [3.63, 3.8) is 0 Å². The minimum Gasteiger partial charge on any atom is -0.481 e. The Balaban J connectivity index is 1.59. The van der Waals surface area contributed by atoms with E-state index in [0.717, 1.165) is 50.0 Å². The Morgan fingerprint density at radius 2 is 1.86 bits per heavy atom. The van der Waals surface area contributed by atoms with Gasteiger partial charge in [0.2, 0.25) is 12.7 Å². The van der Waals surface area contributed by atoms with Gasteiger partial charge in [-0.1, -0.05) is 32.8 Å². The van der Waals surface area contributed by atoms with Gasteiger partial charge in [0, 0.05) is 43.5 Å². The summed E-state index contributed by atoms with van der Waals surface area (Å²) >= 11 is 0.